The molecule has 0 aromatic heterocycles. The van der Waals surface area contributed by atoms with Gasteiger partial charge in [0, 0.05) is 32.9 Å². The second-order valence-electron chi connectivity index (χ2n) is 5.11. The van der Waals surface area contributed by atoms with Gasteiger partial charge in [-0.15, -0.1) is 0 Å². The summed E-state index contributed by atoms with van der Waals surface area (Å²) in [6, 6.07) is 0.385. The Bertz CT molecular complexity index is 221. The molecule has 4 heteroatoms. The van der Waals surface area contributed by atoms with E-state index in [1.807, 2.05) is 13.8 Å². The Morgan fingerprint density at radius 3 is 2.47 bits per heavy atom. The van der Waals surface area contributed by atoms with Crippen LogP contribution in [-0.2, 0) is 14.2 Å². The summed E-state index contributed by atoms with van der Waals surface area (Å²) in [5.41, 5.74) is -0.121. The first-order chi connectivity index (χ1) is 8.04. The maximum Gasteiger partial charge on any atom is 0.0986 e. The van der Waals surface area contributed by atoms with Crippen LogP contribution in [0, 0.1) is 0 Å². The lowest BCUT2D eigenvalue weighted by Crippen LogP contribution is -2.61. The van der Waals surface area contributed by atoms with Crippen LogP contribution in [0.15, 0.2) is 0 Å². The molecule has 3 unspecified atom stereocenters. The summed E-state index contributed by atoms with van der Waals surface area (Å²) in [5, 5.41) is 3.50. The van der Waals surface area contributed by atoms with E-state index in [1.54, 1.807) is 7.11 Å². The molecule has 1 aliphatic rings. The molecule has 0 bridgehead atoms. The SMILES string of the molecule is CCOC1CC(NCC(C)(C)OCC)C1OC. The topological polar surface area (TPSA) is 39.7 Å². The van der Waals surface area contributed by atoms with Crippen molar-refractivity contribution in [3.05, 3.63) is 0 Å². The van der Waals surface area contributed by atoms with Crippen LogP contribution in [0.2, 0.25) is 0 Å². The predicted molar refractivity (Wildman–Crippen MR) is 68.3 cm³/mol. The van der Waals surface area contributed by atoms with Crippen molar-refractivity contribution >= 4 is 0 Å². The highest BCUT2D eigenvalue weighted by Gasteiger charge is 2.42. The van der Waals surface area contributed by atoms with E-state index in [2.05, 4.69) is 19.2 Å². The van der Waals surface area contributed by atoms with Crippen molar-refractivity contribution < 1.29 is 14.2 Å². The Morgan fingerprint density at radius 1 is 1.24 bits per heavy atom. The summed E-state index contributed by atoms with van der Waals surface area (Å²) in [5.74, 6) is 0. The summed E-state index contributed by atoms with van der Waals surface area (Å²) in [6.07, 6.45) is 1.44. The van der Waals surface area contributed by atoms with Gasteiger partial charge in [0.2, 0.25) is 0 Å². The number of hydrogen-bond donors (Lipinski definition) is 1. The number of rotatable bonds is 8. The second-order valence-corrected chi connectivity index (χ2v) is 5.11. The van der Waals surface area contributed by atoms with Gasteiger partial charge in [-0.1, -0.05) is 0 Å². The maximum absolute atomic E-state index is 5.66. The molecular weight excluding hydrogens is 218 g/mol. The molecule has 0 aromatic rings. The zero-order chi connectivity index (χ0) is 12.9. The Labute approximate surface area is 105 Å². The average molecular weight is 245 g/mol. The molecule has 17 heavy (non-hydrogen) atoms. The summed E-state index contributed by atoms with van der Waals surface area (Å²) in [6.45, 7) is 10.6. The lowest BCUT2D eigenvalue weighted by Gasteiger charge is -2.44. The fourth-order valence-corrected chi connectivity index (χ4v) is 2.29. The largest absolute Gasteiger partial charge is 0.377 e. The third kappa shape index (κ3) is 4.21. The van der Waals surface area contributed by atoms with E-state index in [9.17, 15) is 0 Å². The molecule has 1 fully saturated rings. The van der Waals surface area contributed by atoms with Gasteiger partial charge in [0.1, 0.15) is 0 Å². The summed E-state index contributed by atoms with van der Waals surface area (Å²) in [4.78, 5) is 0. The first-order valence-electron chi connectivity index (χ1n) is 6.55. The average Bonchev–Trinajstić information content (AvgIpc) is 2.22. The number of ether oxygens (including phenoxy) is 3. The molecule has 4 nitrogen and oxygen atoms in total. The Hall–Kier alpha value is -0.160. The number of hydrogen-bond acceptors (Lipinski definition) is 4. The molecule has 0 aliphatic heterocycles. The standard InChI is InChI=1S/C13H27NO3/c1-6-16-11-8-10(12(11)15-5)14-9-13(3,4)17-7-2/h10-12,14H,6-9H2,1-5H3. The van der Waals surface area contributed by atoms with Gasteiger partial charge in [0.15, 0.2) is 0 Å². The third-order valence-electron chi connectivity index (χ3n) is 3.23. The van der Waals surface area contributed by atoms with E-state index in [0.717, 1.165) is 26.2 Å². The van der Waals surface area contributed by atoms with Gasteiger partial charge in [0.05, 0.1) is 17.8 Å². The minimum absolute atomic E-state index is 0.121. The van der Waals surface area contributed by atoms with Crippen molar-refractivity contribution in [2.24, 2.45) is 0 Å². The van der Waals surface area contributed by atoms with Crippen molar-refractivity contribution in [2.45, 2.75) is 58.0 Å². The molecule has 3 atom stereocenters. The van der Waals surface area contributed by atoms with Gasteiger partial charge in [-0.25, -0.2) is 0 Å². The molecule has 1 N–H and O–H groups in total. The maximum atomic E-state index is 5.66. The van der Waals surface area contributed by atoms with E-state index in [1.165, 1.54) is 0 Å². The van der Waals surface area contributed by atoms with Crippen LogP contribution < -0.4 is 5.32 Å². The normalized spacial score (nSPS) is 29.1. The van der Waals surface area contributed by atoms with E-state index in [0.29, 0.717) is 6.04 Å². The zero-order valence-corrected chi connectivity index (χ0v) is 11.8. The molecule has 0 saturated heterocycles. The van der Waals surface area contributed by atoms with Crippen LogP contribution in [0.3, 0.4) is 0 Å². The molecule has 102 valence electrons. The van der Waals surface area contributed by atoms with E-state index in [4.69, 9.17) is 14.2 Å². The second kappa shape index (κ2) is 6.69. The van der Waals surface area contributed by atoms with Gasteiger partial charge < -0.3 is 19.5 Å². The summed E-state index contributed by atoms with van der Waals surface area (Å²) >= 11 is 0. The van der Waals surface area contributed by atoms with Gasteiger partial charge in [-0.05, 0) is 34.1 Å². The summed E-state index contributed by atoms with van der Waals surface area (Å²) in [7, 11) is 1.75. The van der Waals surface area contributed by atoms with Gasteiger partial charge in [-0.2, -0.15) is 0 Å². The van der Waals surface area contributed by atoms with Crippen LogP contribution in [0.4, 0.5) is 0 Å². The third-order valence-corrected chi connectivity index (χ3v) is 3.23. The molecule has 0 aromatic carbocycles. The Kier molecular flexibility index (Phi) is 5.86. The van der Waals surface area contributed by atoms with Gasteiger partial charge >= 0.3 is 0 Å². The molecule has 0 heterocycles. The van der Waals surface area contributed by atoms with Crippen molar-refractivity contribution in [3.63, 3.8) is 0 Å². The first-order valence-corrected chi connectivity index (χ1v) is 6.55. The zero-order valence-electron chi connectivity index (χ0n) is 11.8. The number of methoxy groups -OCH3 is 1. The fourth-order valence-electron chi connectivity index (χ4n) is 2.29. The lowest BCUT2D eigenvalue weighted by molar-refractivity contribution is -0.134. The molecule has 0 radical (unpaired) electrons. The first kappa shape index (κ1) is 14.9. The van der Waals surface area contributed by atoms with Crippen molar-refractivity contribution in [3.8, 4) is 0 Å². The summed E-state index contributed by atoms with van der Waals surface area (Å²) < 4.78 is 16.7. The minimum Gasteiger partial charge on any atom is -0.377 e. The van der Waals surface area contributed by atoms with E-state index in [-0.39, 0.29) is 17.8 Å². The van der Waals surface area contributed by atoms with Crippen LogP contribution in [0.25, 0.3) is 0 Å². The van der Waals surface area contributed by atoms with E-state index < -0.39 is 0 Å². The van der Waals surface area contributed by atoms with Gasteiger partial charge in [-0.3, -0.25) is 0 Å². The molecule has 0 amide bonds. The molecular formula is C13H27NO3. The Balaban J connectivity index is 2.29. The molecule has 1 rings (SSSR count). The van der Waals surface area contributed by atoms with Crippen LogP contribution in [0.5, 0.6) is 0 Å². The molecule has 0 spiro atoms. The monoisotopic (exact) mass is 245 g/mol. The highest BCUT2D eigenvalue weighted by Crippen LogP contribution is 2.27. The van der Waals surface area contributed by atoms with Gasteiger partial charge in [0.25, 0.3) is 0 Å². The van der Waals surface area contributed by atoms with Crippen molar-refractivity contribution in [2.75, 3.05) is 26.9 Å². The molecule has 1 saturated carbocycles. The predicted octanol–water partition coefficient (Wildman–Crippen LogP) is 1.58. The van der Waals surface area contributed by atoms with E-state index >= 15 is 0 Å². The Morgan fingerprint density at radius 2 is 1.94 bits per heavy atom. The smallest absolute Gasteiger partial charge is 0.0986 e. The quantitative estimate of drug-likeness (QED) is 0.705. The fraction of sp³-hybridized carbons (Fsp3) is 1.00. The van der Waals surface area contributed by atoms with Crippen molar-refractivity contribution in [1.29, 1.82) is 0 Å². The van der Waals surface area contributed by atoms with Crippen LogP contribution in [-0.4, -0.2) is 50.7 Å². The number of nitrogens with one attached hydrogen (secondary N) is 1. The highest BCUT2D eigenvalue weighted by molar-refractivity contribution is 4.98. The van der Waals surface area contributed by atoms with Crippen LogP contribution in [0.1, 0.15) is 34.1 Å². The van der Waals surface area contributed by atoms with Crippen molar-refractivity contribution in [1.82, 2.24) is 5.32 Å². The lowest BCUT2D eigenvalue weighted by atomic mass is 9.84. The van der Waals surface area contributed by atoms with Crippen LogP contribution >= 0.6 is 0 Å². The molecule has 1 aliphatic carbocycles. The minimum atomic E-state index is -0.121. The highest BCUT2D eigenvalue weighted by atomic mass is 16.5.